The molecule has 4 rings (SSSR count). The van der Waals surface area contributed by atoms with Gasteiger partial charge in [0.25, 0.3) is 11.2 Å². The molecule has 0 saturated carbocycles. The van der Waals surface area contributed by atoms with Crippen molar-refractivity contribution in [2.45, 2.75) is 0 Å². The van der Waals surface area contributed by atoms with E-state index in [4.69, 9.17) is 10.3 Å². The van der Waals surface area contributed by atoms with E-state index in [-0.39, 0.29) is 22.8 Å². The molecule has 128 valence electrons. The van der Waals surface area contributed by atoms with Crippen LogP contribution in [0.4, 0.5) is 11.5 Å². The predicted molar refractivity (Wildman–Crippen MR) is 96.6 cm³/mol. The van der Waals surface area contributed by atoms with Gasteiger partial charge in [0.1, 0.15) is 0 Å². The van der Waals surface area contributed by atoms with Gasteiger partial charge in [-0.15, -0.1) is 0 Å². The van der Waals surface area contributed by atoms with Crippen LogP contribution in [0, 0.1) is 10.1 Å². The van der Waals surface area contributed by atoms with Crippen molar-refractivity contribution in [1.82, 2.24) is 10.1 Å². The van der Waals surface area contributed by atoms with Gasteiger partial charge in [-0.05, 0) is 11.6 Å². The number of nitrogens with zero attached hydrogens (tertiary/aromatic N) is 2. The Labute approximate surface area is 146 Å². The SMILES string of the molecule is Nc1cc(-c2c(-c3ccccc3)c3cc([N+](=O)[O-])ccc3[nH]c2=O)on1. The minimum Gasteiger partial charge on any atom is -0.381 e. The Morgan fingerprint density at radius 1 is 1.08 bits per heavy atom. The van der Waals surface area contributed by atoms with E-state index in [1.165, 1.54) is 24.3 Å². The Hall–Kier alpha value is -3.94. The molecular formula is C18H12N4O4. The summed E-state index contributed by atoms with van der Waals surface area (Å²) in [6.45, 7) is 0. The molecule has 0 bridgehead atoms. The molecule has 0 saturated heterocycles. The number of nitrogens with one attached hydrogen (secondary N) is 1. The largest absolute Gasteiger partial charge is 0.381 e. The maximum atomic E-state index is 12.7. The number of non-ortho nitro benzene ring substituents is 1. The number of pyridine rings is 1. The number of nitro benzene ring substituents is 1. The van der Waals surface area contributed by atoms with Crippen LogP contribution in [-0.4, -0.2) is 15.1 Å². The quantitative estimate of drug-likeness (QED) is 0.431. The lowest BCUT2D eigenvalue weighted by molar-refractivity contribution is -0.384. The van der Waals surface area contributed by atoms with Gasteiger partial charge in [-0.1, -0.05) is 35.5 Å². The maximum absolute atomic E-state index is 12.7. The van der Waals surface area contributed by atoms with E-state index in [2.05, 4.69) is 10.1 Å². The second-order valence-corrected chi connectivity index (χ2v) is 5.67. The molecule has 0 aliphatic carbocycles. The smallest absolute Gasteiger partial charge is 0.270 e. The summed E-state index contributed by atoms with van der Waals surface area (Å²) < 4.78 is 5.19. The number of benzene rings is 2. The van der Waals surface area contributed by atoms with Crippen molar-refractivity contribution in [3.8, 4) is 22.5 Å². The summed E-state index contributed by atoms with van der Waals surface area (Å²) in [5, 5.41) is 15.4. The molecule has 0 aliphatic heterocycles. The van der Waals surface area contributed by atoms with Crippen LogP contribution in [0.25, 0.3) is 33.4 Å². The first kappa shape index (κ1) is 15.6. The fourth-order valence-corrected chi connectivity index (χ4v) is 2.94. The standard InChI is InChI=1S/C18H12N4O4/c19-15-9-14(26-21-15)17-16(10-4-2-1-3-5-10)12-8-11(22(24)25)6-7-13(12)20-18(17)23/h1-9H,(H2,19,21)(H,20,23). The minimum absolute atomic E-state index is 0.0789. The lowest BCUT2D eigenvalue weighted by atomic mass is 9.94. The average Bonchev–Trinajstić information content (AvgIpc) is 3.06. The number of hydrogen-bond acceptors (Lipinski definition) is 6. The molecule has 0 amide bonds. The van der Waals surface area contributed by atoms with E-state index in [0.717, 1.165) is 0 Å². The van der Waals surface area contributed by atoms with Crippen molar-refractivity contribution >= 4 is 22.4 Å². The maximum Gasteiger partial charge on any atom is 0.270 e. The van der Waals surface area contributed by atoms with E-state index in [1.54, 1.807) is 0 Å². The van der Waals surface area contributed by atoms with Crippen LogP contribution in [0.15, 0.2) is 63.9 Å². The van der Waals surface area contributed by atoms with Crippen LogP contribution >= 0.6 is 0 Å². The number of hydrogen-bond donors (Lipinski definition) is 2. The van der Waals surface area contributed by atoms with Crippen LogP contribution in [0.3, 0.4) is 0 Å². The third-order valence-corrected chi connectivity index (χ3v) is 4.05. The Balaban J connectivity index is 2.17. The fourth-order valence-electron chi connectivity index (χ4n) is 2.94. The van der Waals surface area contributed by atoms with Crippen LogP contribution in [0.1, 0.15) is 0 Å². The second-order valence-electron chi connectivity index (χ2n) is 5.67. The third-order valence-electron chi connectivity index (χ3n) is 4.05. The summed E-state index contributed by atoms with van der Waals surface area (Å²) in [6, 6.07) is 14.8. The van der Waals surface area contributed by atoms with Gasteiger partial charge < -0.3 is 15.2 Å². The van der Waals surface area contributed by atoms with Crippen molar-refractivity contribution in [1.29, 1.82) is 0 Å². The van der Waals surface area contributed by atoms with Gasteiger partial charge >= 0.3 is 0 Å². The topological polar surface area (TPSA) is 128 Å². The molecule has 2 aromatic heterocycles. The van der Waals surface area contributed by atoms with Crippen LogP contribution < -0.4 is 11.3 Å². The zero-order chi connectivity index (χ0) is 18.3. The summed E-state index contributed by atoms with van der Waals surface area (Å²) in [5.41, 5.74) is 7.08. The highest BCUT2D eigenvalue weighted by Crippen LogP contribution is 2.36. The Morgan fingerprint density at radius 2 is 1.85 bits per heavy atom. The Morgan fingerprint density at radius 3 is 2.50 bits per heavy atom. The first-order valence-corrected chi connectivity index (χ1v) is 7.67. The van der Waals surface area contributed by atoms with Gasteiger partial charge in [-0.25, -0.2) is 0 Å². The second kappa shape index (κ2) is 5.85. The average molecular weight is 348 g/mol. The van der Waals surface area contributed by atoms with Gasteiger partial charge in [0.15, 0.2) is 11.6 Å². The van der Waals surface area contributed by atoms with Crippen LogP contribution in [0.5, 0.6) is 0 Å². The normalized spacial score (nSPS) is 10.9. The number of nitro groups is 1. The number of rotatable bonds is 3. The van der Waals surface area contributed by atoms with Gasteiger partial charge in [0.2, 0.25) is 0 Å². The lowest BCUT2D eigenvalue weighted by Gasteiger charge is -2.11. The molecule has 4 aromatic rings. The van der Waals surface area contributed by atoms with Gasteiger partial charge in [0, 0.05) is 34.7 Å². The highest BCUT2D eigenvalue weighted by molar-refractivity contribution is 6.02. The third kappa shape index (κ3) is 2.49. The van der Waals surface area contributed by atoms with Crippen molar-refractivity contribution in [2.75, 3.05) is 5.73 Å². The summed E-state index contributed by atoms with van der Waals surface area (Å²) >= 11 is 0. The molecule has 0 aliphatic rings. The lowest BCUT2D eigenvalue weighted by Crippen LogP contribution is -2.11. The molecule has 26 heavy (non-hydrogen) atoms. The number of H-pyrrole nitrogens is 1. The number of aromatic amines is 1. The fraction of sp³-hybridized carbons (Fsp3) is 0. The van der Waals surface area contributed by atoms with Crippen molar-refractivity contribution in [3.63, 3.8) is 0 Å². The zero-order valence-electron chi connectivity index (χ0n) is 13.3. The number of fused-ring (bicyclic) bond motifs is 1. The first-order chi connectivity index (χ1) is 12.5. The van der Waals surface area contributed by atoms with Gasteiger partial charge in [0.05, 0.1) is 10.5 Å². The molecule has 0 unspecified atom stereocenters. The monoisotopic (exact) mass is 348 g/mol. The van der Waals surface area contributed by atoms with Crippen molar-refractivity contribution in [3.05, 3.63) is 75.1 Å². The highest BCUT2D eigenvalue weighted by Gasteiger charge is 2.21. The van der Waals surface area contributed by atoms with Crippen molar-refractivity contribution < 1.29 is 9.45 Å². The molecular weight excluding hydrogens is 336 g/mol. The highest BCUT2D eigenvalue weighted by atomic mass is 16.6. The summed E-state index contributed by atoms with van der Waals surface area (Å²) in [7, 11) is 0. The predicted octanol–water partition coefficient (Wildman–Crippen LogP) is 3.34. The number of aromatic nitrogens is 2. The Bertz CT molecular complexity index is 1200. The molecule has 2 heterocycles. The zero-order valence-corrected chi connectivity index (χ0v) is 13.3. The minimum atomic E-state index is -0.481. The summed E-state index contributed by atoms with van der Waals surface area (Å²) in [4.78, 5) is 26.2. The number of nitrogens with two attached hydrogens (primary N) is 1. The van der Waals surface area contributed by atoms with Crippen molar-refractivity contribution in [2.24, 2.45) is 0 Å². The molecule has 3 N–H and O–H groups in total. The van der Waals surface area contributed by atoms with E-state index < -0.39 is 10.5 Å². The van der Waals surface area contributed by atoms with Crippen LogP contribution in [0.2, 0.25) is 0 Å². The molecule has 8 heteroatoms. The first-order valence-electron chi connectivity index (χ1n) is 7.67. The molecule has 0 fully saturated rings. The Kier molecular flexibility index (Phi) is 3.51. The molecule has 0 radical (unpaired) electrons. The molecule has 2 aromatic carbocycles. The summed E-state index contributed by atoms with van der Waals surface area (Å²) in [5.74, 6) is 0.327. The van der Waals surface area contributed by atoms with E-state index >= 15 is 0 Å². The van der Waals surface area contributed by atoms with Gasteiger partial charge in [-0.3, -0.25) is 14.9 Å². The summed E-state index contributed by atoms with van der Waals surface area (Å²) in [6.07, 6.45) is 0. The molecule has 8 nitrogen and oxygen atoms in total. The van der Waals surface area contributed by atoms with E-state index in [1.807, 2.05) is 30.3 Å². The van der Waals surface area contributed by atoms with Gasteiger partial charge in [-0.2, -0.15) is 0 Å². The molecule has 0 spiro atoms. The van der Waals surface area contributed by atoms with Crippen LogP contribution in [-0.2, 0) is 0 Å². The molecule has 0 atom stereocenters. The number of nitrogen functional groups attached to an aromatic ring is 1. The number of anilines is 1. The van der Waals surface area contributed by atoms with E-state index in [9.17, 15) is 14.9 Å². The van der Waals surface area contributed by atoms with E-state index in [0.29, 0.717) is 22.0 Å².